The zero-order valence-electron chi connectivity index (χ0n) is 18.9. The second-order valence-electron chi connectivity index (χ2n) is 8.90. The molecule has 0 bridgehead atoms. The smallest absolute Gasteiger partial charge is 0.410 e. The number of aryl methyl sites for hydroxylation is 1. The normalized spacial score (nSPS) is 15.6. The third kappa shape index (κ3) is 5.11. The van der Waals surface area contributed by atoms with Crippen LogP contribution in [0.4, 0.5) is 9.18 Å². The topological polar surface area (TPSA) is 87.2 Å². The molecule has 2 aromatic carbocycles. The van der Waals surface area contributed by atoms with Gasteiger partial charge in [-0.15, -0.1) is 0 Å². The third-order valence-corrected chi connectivity index (χ3v) is 5.76. The number of phenols is 1. The largest absolute Gasteiger partial charge is 0.505 e. The first-order chi connectivity index (χ1) is 15.4. The number of rotatable bonds is 4. The SMILES string of the molecule is Cc1ccccc1C(=O)N(C=O)C[C@@H]1c2c(O)c(F)cc(Cl)c2CCN1C(=O)OC(C)(C)C. The second-order valence-corrected chi connectivity index (χ2v) is 9.31. The van der Waals surface area contributed by atoms with Gasteiger partial charge >= 0.3 is 6.09 Å². The minimum Gasteiger partial charge on any atom is -0.505 e. The summed E-state index contributed by atoms with van der Waals surface area (Å²) >= 11 is 6.23. The van der Waals surface area contributed by atoms with Crippen LogP contribution in [0.2, 0.25) is 5.02 Å². The number of ether oxygens (including phenoxy) is 1. The Kier molecular flexibility index (Phi) is 6.97. The van der Waals surface area contributed by atoms with Gasteiger partial charge in [0.05, 0.1) is 12.6 Å². The number of hydrogen-bond acceptors (Lipinski definition) is 5. The Morgan fingerprint density at radius 3 is 2.61 bits per heavy atom. The number of benzene rings is 2. The Labute approximate surface area is 196 Å². The standard InChI is InChI=1S/C24H26ClFN2O5/c1-14-7-5-6-8-15(14)22(31)27(13-29)12-19-20-16(17(25)11-18(26)21(20)30)9-10-28(19)23(32)33-24(2,3)4/h5-8,11,13,19,30H,9-10,12H2,1-4H3/t19-/m1/s1. The molecular weight excluding hydrogens is 451 g/mol. The Morgan fingerprint density at radius 1 is 1.33 bits per heavy atom. The van der Waals surface area contributed by atoms with Crippen LogP contribution < -0.4 is 0 Å². The molecule has 1 aliphatic heterocycles. The molecule has 0 radical (unpaired) electrons. The van der Waals surface area contributed by atoms with E-state index in [1.165, 1.54) is 4.90 Å². The fraction of sp³-hybridized carbons (Fsp3) is 0.375. The molecule has 0 fully saturated rings. The van der Waals surface area contributed by atoms with Gasteiger partial charge in [0.1, 0.15) is 5.60 Å². The lowest BCUT2D eigenvalue weighted by Crippen LogP contribution is -2.48. The van der Waals surface area contributed by atoms with Crippen molar-refractivity contribution in [1.29, 1.82) is 0 Å². The molecule has 1 heterocycles. The van der Waals surface area contributed by atoms with E-state index in [1.807, 2.05) is 0 Å². The molecule has 3 amide bonds. The Balaban J connectivity index is 2.07. The van der Waals surface area contributed by atoms with Crippen molar-refractivity contribution in [3.8, 4) is 5.75 Å². The lowest BCUT2D eigenvalue weighted by molar-refractivity contribution is -0.116. The lowest BCUT2D eigenvalue weighted by Gasteiger charge is -2.40. The first kappa shape index (κ1) is 24.5. The average Bonchev–Trinajstić information content (AvgIpc) is 2.74. The van der Waals surface area contributed by atoms with Gasteiger partial charge in [0.2, 0.25) is 6.41 Å². The molecule has 0 aromatic heterocycles. The number of amides is 3. The lowest BCUT2D eigenvalue weighted by atomic mass is 9.91. The van der Waals surface area contributed by atoms with E-state index in [9.17, 15) is 23.9 Å². The van der Waals surface area contributed by atoms with Gasteiger partial charge in [-0.3, -0.25) is 19.4 Å². The minimum absolute atomic E-state index is 0.0570. The van der Waals surface area contributed by atoms with Crippen LogP contribution in [-0.4, -0.2) is 52.0 Å². The van der Waals surface area contributed by atoms with Gasteiger partial charge in [-0.25, -0.2) is 9.18 Å². The number of hydrogen-bond donors (Lipinski definition) is 1. The van der Waals surface area contributed by atoms with Gasteiger partial charge in [-0.05, 0) is 57.4 Å². The van der Waals surface area contributed by atoms with Crippen LogP contribution in [-0.2, 0) is 16.0 Å². The number of fused-ring (bicyclic) bond motifs is 1. The van der Waals surface area contributed by atoms with Gasteiger partial charge in [0, 0.05) is 22.7 Å². The maximum Gasteiger partial charge on any atom is 0.410 e. The first-order valence-electron chi connectivity index (χ1n) is 10.5. The molecule has 1 N–H and O–H groups in total. The fourth-order valence-electron chi connectivity index (χ4n) is 3.88. The molecule has 1 atom stereocenters. The molecule has 176 valence electrons. The zero-order chi connectivity index (χ0) is 24.5. The minimum atomic E-state index is -1.06. The maximum atomic E-state index is 14.4. The van der Waals surface area contributed by atoms with Crippen molar-refractivity contribution in [3.63, 3.8) is 0 Å². The van der Waals surface area contributed by atoms with Gasteiger partial charge in [-0.2, -0.15) is 0 Å². The number of halogens is 2. The van der Waals surface area contributed by atoms with Crippen LogP contribution >= 0.6 is 11.6 Å². The number of carbonyl (C=O) groups excluding carboxylic acids is 3. The molecule has 0 aliphatic carbocycles. The highest BCUT2D eigenvalue weighted by atomic mass is 35.5. The predicted molar refractivity (Wildman–Crippen MR) is 121 cm³/mol. The summed E-state index contributed by atoms with van der Waals surface area (Å²) in [6, 6.07) is 6.71. The van der Waals surface area contributed by atoms with Crippen molar-refractivity contribution in [2.24, 2.45) is 0 Å². The molecule has 33 heavy (non-hydrogen) atoms. The van der Waals surface area contributed by atoms with Crippen molar-refractivity contribution in [2.45, 2.75) is 45.8 Å². The van der Waals surface area contributed by atoms with Crippen LogP contribution in [0.25, 0.3) is 0 Å². The number of carbonyl (C=O) groups is 3. The summed E-state index contributed by atoms with van der Waals surface area (Å²) in [4.78, 5) is 40.2. The van der Waals surface area contributed by atoms with Gasteiger partial charge < -0.3 is 9.84 Å². The Morgan fingerprint density at radius 2 is 2.00 bits per heavy atom. The van der Waals surface area contributed by atoms with Crippen LogP contribution in [0.5, 0.6) is 5.75 Å². The quantitative estimate of drug-likeness (QED) is 0.650. The highest BCUT2D eigenvalue weighted by Crippen LogP contribution is 2.42. The summed E-state index contributed by atoms with van der Waals surface area (Å²) in [5, 5.41) is 10.6. The number of phenolic OH excluding ortho intramolecular Hbond substituents is 1. The number of imide groups is 1. The molecule has 0 saturated heterocycles. The number of nitrogens with zero attached hydrogens (tertiary/aromatic N) is 2. The molecule has 9 heteroatoms. The van der Waals surface area contributed by atoms with Crippen molar-refractivity contribution in [1.82, 2.24) is 9.80 Å². The van der Waals surface area contributed by atoms with E-state index in [1.54, 1.807) is 52.0 Å². The molecule has 0 unspecified atom stereocenters. The van der Waals surface area contributed by atoms with E-state index in [2.05, 4.69) is 0 Å². The first-order valence-corrected chi connectivity index (χ1v) is 10.8. The fourth-order valence-corrected chi connectivity index (χ4v) is 4.17. The molecule has 7 nitrogen and oxygen atoms in total. The van der Waals surface area contributed by atoms with Gasteiger partial charge in [-0.1, -0.05) is 29.8 Å². The molecule has 1 aliphatic rings. The van der Waals surface area contributed by atoms with Crippen LogP contribution in [0.3, 0.4) is 0 Å². The van der Waals surface area contributed by atoms with Crippen LogP contribution in [0.1, 0.15) is 53.9 Å². The highest BCUT2D eigenvalue weighted by molar-refractivity contribution is 6.31. The van der Waals surface area contributed by atoms with E-state index in [0.29, 0.717) is 23.1 Å². The summed E-state index contributed by atoms with van der Waals surface area (Å²) in [5.41, 5.74) is 0.673. The monoisotopic (exact) mass is 476 g/mol. The van der Waals surface area contributed by atoms with E-state index in [-0.39, 0.29) is 30.1 Å². The summed E-state index contributed by atoms with van der Waals surface area (Å²) < 4.78 is 19.9. The summed E-state index contributed by atoms with van der Waals surface area (Å²) in [7, 11) is 0. The highest BCUT2D eigenvalue weighted by Gasteiger charge is 2.39. The van der Waals surface area contributed by atoms with Gasteiger partial charge in [0.25, 0.3) is 5.91 Å². The summed E-state index contributed by atoms with van der Waals surface area (Å²) in [6.45, 7) is 6.65. The zero-order valence-corrected chi connectivity index (χ0v) is 19.6. The van der Waals surface area contributed by atoms with Crippen molar-refractivity contribution < 1.29 is 28.6 Å². The molecule has 0 spiro atoms. The molecular formula is C24H26ClFN2O5. The van der Waals surface area contributed by atoms with Crippen LogP contribution in [0.15, 0.2) is 30.3 Å². The average molecular weight is 477 g/mol. The maximum absolute atomic E-state index is 14.4. The summed E-state index contributed by atoms with van der Waals surface area (Å²) in [5.74, 6) is -2.22. The summed E-state index contributed by atoms with van der Waals surface area (Å²) in [6.07, 6.45) is -0.120. The molecule has 2 aromatic rings. The predicted octanol–water partition coefficient (Wildman–Crippen LogP) is 4.63. The van der Waals surface area contributed by atoms with E-state index in [4.69, 9.17) is 16.3 Å². The Hall–Kier alpha value is -3.13. The van der Waals surface area contributed by atoms with E-state index in [0.717, 1.165) is 11.0 Å². The second kappa shape index (κ2) is 9.39. The van der Waals surface area contributed by atoms with E-state index >= 15 is 0 Å². The number of aromatic hydroxyl groups is 1. The molecule has 0 saturated carbocycles. The third-order valence-electron chi connectivity index (χ3n) is 5.42. The van der Waals surface area contributed by atoms with Crippen LogP contribution in [0, 0.1) is 12.7 Å². The molecule has 3 rings (SSSR count). The van der Waals surface area contributed by atoms with Crippen molar-refractivity contribution in [3.05, 3.63) is 63.4 Å². The van der Waals surface area contributed by atoms with Crippen molar-refractivity contribution in [2.75, 3.05) is 13.1 Å². The Bertz CT molecular complexity index is 1100. The van der Waals surface area contributed by atoms with E-state index < -0.39 is 35.2 Å². The van der Waals surface area contributed by atoms with Gasteiger partial charge in [0.15, 0.2) is 11.6 Å². The van der Waals surface area contributed by atoms with Crippen molar-refractivity contribution >= 4 is 30.0 Å².